The summed E-state index contributed by atoms with van der Waals surface area (Å²) in [5.41, 5.74) is 7.92. The van der Waals surface area contributed by atoms with E-state index >= 15 is 0 Å². The first-order valence-electron chi connectivity index (χ1n) is 4.59. The van der Waals surface area contributed by atoms with E-state index in [2.05, 4.69) is 10.4 Å². The van der Waals surface area contributed by atoms with Crippen molar-refractivity contribution in [1.82, 2.24) is 4.37 Å². The molecule has 1 aromatic carbocycles. The molecule has 0 aliphatic heterocycles. The Bertz CT molecular complexity index is 539. The fourth-order valence-corrected chi connectivity index (χ4v) is 2.12. The van der Waals surface area contributed by atoms with Gasteiger partial charge in [0.15, 0.2) is 0 Å². The maximum atomic E-state index is 8.93. The fraction of sp³-hybridized carbons (Fsp3) is 0.0909. The van der Waals surface area contributed by atoms with Crippen molar-refractivity contribution in [2.75, 3.05) is 5.73 Å². The number of anilines is 1. The molecule has 0 saturated carbocycles. The molecule has 1 heterocycles. The van der Waals surface area contributed by atoms with Crippen LogP contribution in [0.1, 0.15) is 16.8 Å². The van der Waals surface area contributed by atoms with E-state index in [0.29, 0.717) is 22.0 Å². The van der Waals surface area contributed by atoms with Gasteiger partial charge in [0.25, 0.3) is 0 Å². The molecule has 0 unspecified atom stereocenters. The van der Waals surface area contributed by atoms with Gasteiger partial charge in [0.2, 0.25) is 0 Å². The summed E-state index contributed by atoms with van der Waals surface area (Å²) < 4.78 is 4.17. The highest BCUT2D eigenvalue weighted by atomic mass is 35.5. The van der Waals surface area contributed by atoms with E-state index in [1.165, 1.54) is 0 Å². The summed E-state index contributed by atoms with van der Waals surface area (Å²) in [6.45, 7) is 0. The van der Waals surface area contributed by atoms with Crippen LogP contribution >= 0.6 is 23.1 Å². The number of nitrogens with two attached hydrogens (primary N) is 1. The highest BCUT2D eigenvalue weighted by molar-refractivity contribution is 7.10. The van der Waals surface area contributed by atoms with Crippen LogP contribution in [0.3, 0.4) is 0 Å². The number of hydrogen-bond acceptors (Lipinski definition) is 4. The molecular weight excluding hydrogens is 242 g/mol. The van der Waals surface area contributed by atoms with E-state index in [0.717, 1.165) is 22.8 Å². The molecule has 0 atom stereocenters. The van der Waals surface area contributed by atoms with Gasteiger partial charge in [-0.15, -0.1) is 0 Å². The average Bonchev–Trinajstić information content (AvgIpc) is 2.63. The van der Waals surface area contributed by atoms with Crippen LogP contribution in [-0.4, -0.2) is 4.37 Å². The van der Waals surface area contributed by atoms with Gasteiger partial charge in [-0.3, -0.25) is 0 Å². The number of nitrogens with zero attached hydrogens (tertiary/aromatic N) is 2. The quantitative estimate of drug-likeness (QED) is 0.890. The van der Waals surface area contributed by atoms with Crippen molar-refractivity contribution in [3.8, 4) is 6.07 Å². The largest absolute Gasteiger partial charge is 0.388 e. The molecule has 0 bridgehead atoms. The Kier molecular flexibility index (Phi) is 3.09. The van der Waals surface area contributed by atoms with E-state index in [-0.39, 0.29) is 0 Å². The summed E-state index contributed by atoms with van der Waals surface area (Å²) in [6, 6.07) is 9.54. The highest BCUT2D eigenvalue weighted by Gasteiger charge is 2.11. The van der Waals surface area contributed by atoms with Crippen molar-refractivity contribution >= 4 is 28.1 Å². The van der Waals surface area contributed by atoms with Crippen molar-refractivity contribution < 1.29 is 0 Å². The molecule has 0 amide bonds. The lowest BCUT2D eigenvalue weighted by molar-refractivity contribution is 1.12. The Labute approximate surface area is 102 Å². The molecule has 0 radical (unpaired) electrons. The number of hydrogen-bond donors (Lipinski definition) is 1. The van der Waals surface area contributed by atoms with Gasteiger partial charge < -0.3 is 5.73 Å². The maximum Gasteiger partial charge on any atom is 0.125 e. The SMILES string of the molecule is N#Cc1c(Cc2ccc(Cl)cc2)nsc1N. The third kappa shape index (κ3) is 2.16. The van der Waals surface area contributed by atoms with E-state index in [4.69, 9.17) is 22.6 Å². The standard InChI is InChI=1S/C11H8ClN3S/c12-8-3-1-7(2-4-8)5-10-9(6-13)11(14)16-15-10/h1-4H,5,14H2. The van der Waals surface area contributed by atoms with Gasteiger partial charge in [0, 0.05) is 11.4 Å². The fourth-order valence-electron chi connectivity index (χ4n) is 1.37. The zero-order valence-electron chi connectivity index (χ0n) is 8.27. The first-order valence-corrected chi connectivity index (χ1v) is 5.74. The number of rotatable bonds is 2. The van der Waals surface area contributed by atoms with Gasteiger partial charge in [0.05, 0.1) is 5.69 Å². The van der Waals surface area contributed by atoms with Gasteiger partial charge in [-0.25, -0.2) is 0 Å². The lowest BCUT2D eigenvalue weighted by Crippen LogP contribution is -1.92. The summed E-state index contributed by atoms with van der Waals surface area (Å²) in [6.07, 6.45) is 0.605. The predicted octanol–water partition coefficient (Wildman–Crippen LogP) is 2.84. The van der Waals surface area contributed by atoms with Gasteiger partial charge in [-0.2, -0.15) is 9.64 Å². The second kappa shape index (κ2) is 4.52. The van der Waals surface area contributed by atoms with Crippen molar-refractivity contribution in [2.24, 2.45) is 0 Å². The molecule has 16 heavy (non-hydrogen) atoms. The second-order valence-corrected chi connectivity index (χ2v) is 4.52. The maximum absolute atomic E-state index is 8.93. The Morgan fingerprint density at radius 1 is 1.38 bits per heavy atom. The van der Waals surface area contributed by atoms with Crippen molar-refractivity contribution in [3.05, 3.63) is 46.1 Å². The van der Waals surface area contributed by atoms with Gasteiger partial charge in [-0.1, -0.05) is 23.7 Å². The summed E-state index contributed by atoms with van der Waals surface area (Å²) >= 11 is 6.95. The zero-order chi connectivity index (χ0) is 11.5. The normalized spacial score (nSPS) is 10.0. The Hall–Kier alpha value is -1.57. The number of nitrogen functional groups attached to an aromatic ring is 1. The van der Waals surface area contributed by atoms with Crippen molar-refractivity contribution in [2.45, 2.75) is 6.42 Å². The summed E-state index contributed by atoms with van der Waals surface area (Å²) in [7, 11) is 0. The van der Waals surface area contributed by atoms with E-state index in [1.54, 1.807) is 0 Å². The zero-order valence-corrected chi connectivity index (χ0v) is 9.85. The van der Waals surface area contributed by atoms with E-state index in [9.17, 15) is 0 Å². The number of aromatic nitrogens is 1. The van der Waals surface area contributed by atoms with Gasteiger partial charge in [-0.05, 0) is 29.2 Å². The third-order valence-corrected chi connectivity index (χ3v) is 3.15. The second-order valence-electron chi connectivity index (χ2n) is 3.28. The van der Waals surface area contributed by atoms with Crippen molar-refractivity contribution in [3.63, 3.8) is 0 Å². The molecule has 1 aromatic heterocycles. The van der Waals surface area contributed by atoms with E-state index in [1.807, 2.05) is 24.3 Å². The molecule has 5 heteroatoms. The molecule has 2 rings (SSSR count). The molecule has 2 N–H and O–H groups in total. The molecule has 0 saturated heterocycles. The van der Waals surface area contributed by atoms with E-state index < -0.39 is 0 Å². The predicted molar refractivity (Wildman–Crippen MR) is 65.5 cm³/mol. The monoisotopic (exact) mass is 249 g/mol. The van der Waals surface area contributed by atoms with Gasteiger partial charge >= 0.3 is 0 Å². The highest BCUT2D eigenvalue weighted by Crippen LogP contribution is 2.23. The smallest absolute Gasteiger partial charge is 0.125 e. The molecule has 2 aromatic rings. The minimum Gasteiger partial charge on any atom is -0.388 e. The van der Waals surface area contributed by atoms with Crippen LogP contribution in [0.5, 0.6) is 0 Å². The molecule has 0 aliphatic rings. The molecule has 80 valence electrons. The third-order valence-electron chi connectivity index (χ3n) is 2.19. The number of halogens is 1. The lowest BCUT2D eigenvalue weighted by atomic mass is 10.1. The first kappa shape index (κ1) is 10.9. The van der Waals surface area contributed by atoms with Crippen LogP contribution in [0.15, 0.2) is 24.3 Å². The van der Waals surface area contributed by atoms with Crippen LogP contribution in [0.2, 0.25) is 5.02 Å². The molecule has 3 nitrogen and oxygen atoms in total. The average molecular weight is 250 g/mol. The van der Waals surface area contributed by atoms with Crippen LogP contribution in [0.4, 0.5) is 5.00 Å². The van der Waals surface area contributed by atoms with Crippen molar-refractivity contribution in [1.29, 1.82) is 5.26 Å². The minimum absolute atomic E-state index is 0.478. The van der Waals surface area contributed by atoms with Crippen LogP contribution < -0.4 is 5.73 Å². The molecule has 0 fully saturated rings. The summed E-state index contributed by atoms with van der Waals surface area (Å²) in [4.78, 5) is 0. The van der Waals surface area contributed by atoms with Crippen LogP contribution in [0.25, 0.3) is 0 Å². The minimum atomic E-state index is 0.478. The Morgan fingerprint density at radius 2 is 2.06 bits per heavy atom. The molecule has 0 spiro atoms. The lowest BCUT2D eigenvalue weighted by Gasteiger charge is -1.98. The van der Waals surface area contributed by atoms with Crippen LogP contribution in [0, 0.1) is 11.3 Å². The summed E-state index contributed by atoms with van der Waals surface area (Å²) in [5.74, 6) is 0. The first-order chi connectivity index (χ1) is 7.70. The Morgan fingerprint density at radius 3 is 2.69 bits per heavy atom. The molecular formula is C11H8ClN3S. The number of nitriles is 1. The van der Waals surface area contributed by atoms with Crippen LogP contribution in [-0.2, 0) is 6.42 Å². The summed E-state index contributed by atoms with van der Waals surface area (Å²) in [5, 5.41) is 10.1. The topological polar surface area (TPSA) is 62.7 Å². The number of benzene rings is 1. The Balaban J connectivity index is 2.27. The van der Waals surface area contributed by atoms with Gasteiger partial charge in [0.1, 0.15) is 16.6 Å². The molecule has 0 aliphatic carbocycles.